The summed E-state index contributed by atoms with van der Waals surface area (Å²) >= 11 is 0. The van der Waals surface area contributed by atoms with E-state index in [4.69, 9.17) is 10.5 Å². The lowest BCUT2D eigenvalue weighted by atomic mass is 10.1. The van der Waals surface area contributed by atoms with Gasteiger partial charge >= 0.3 is 0 Å². The predicted molar refractivity (Wildman–Crippen MR) is 76.2 cm³/mol. The number of hydrogen-bond acceptors (Lipinski definition) is 4. The molecule has 1 saturated heterocycles. The van der Waals surface area contributed by atoms with Gasteiger partial charge < -0.3 is 15.6 Å². The van der Waals surface area contributed by atoms with Crippen LogP contribution in [0.5, 0.6) is 0 Å². The molecule has 1 aliphatic heterocycles. The highest BCUT2D eigenvalue weighted by atomic mass is 16.5. The van der Waals surface area contributed by atoms with Crippen molar-refractivity contribution in [3.8, 4) is 0 Å². The van der Waals surface area contributed by atoms with Gasteiger partial charge in [-0.2, -0.15) is 0 Å². The van der Waals surface area contributed by atoms with Crippen molar-refractivity contribution in [2.45, 2.75) is 20.4 Å². The molecule has 0 aromatic rings. The number of nitrogens with zero attached hydrogens (tertiary/aromatic N) is 1. The molecular formula is C14H26N2O2. The smallest absolute Gasteiger partial charge is 0.0644 e. The minimum absolute atomic E-state index is 0. The lowest BCUT2D eigenvalue weighted by Gasteiger charge is -2.35. The van der Waals surface area contributed by atoms with Crippen molar-refractivity contribution in [2.75, 3.05) is 32.9 Å². The quantitative estimate of drug-likeness (QED) is 0.726. The zero-order chi connectivity index (χ0) is 12.7. The summed E-state index contributed by atoms with van der Waals surface area (Å²) in [5.41, 5.74) is 7.72. The Labute approximate surface area is 110 Å². The van der Waals surface area contributed by atoms with E-state index in [0.29, 0.717) is 13.2 Å². The molecule has 0 aromatic heterocycles. The highest BCUT2D eigenvalue weighted by Crippen LogP contribution is 2.13. The molecule has 0 aliphatic carbocycles. The van der Waals surface area contributed by atoms with E-state index in [2.05, 4.69) is 11.5 Å². The number of nitrogens with two attached hydrogens (primary N) is 1. The third-order valence-corrected chi connectivity index (χ3v) is 2.93. The summed E-state index contributed by atoms with van der Waals surface area (Å²) in [6, 6.07) is 0.0571. The van der Waals surface area contributed by atoms with Crippen LogP contribution in [-0.2, 0) is 4.74 Å². The van der Waals surface area contributed by atoms with Crippen molar-refractivity contribution in [3.63, 3.8) is 0 Å². The predicted octanol–water partition coefficient (Wildman–Crippen LogP) is 1.29. The molecule has 18 heavy (non-hydrogen) atoms. The van der Waals surface area contributed by atoms with E-state index in [-0.39, 0.29) is 20.1 Å². The summed E-state index contributed by atoms with van der Waals surface area (Å²) in [4.78, 5) is 2.19. The molecule has 1 unspecified atom stereocenters. The van der Waals surface area contributed by atoms with E-state index in [1.54, 1.807) is 6.08 Å². The molecule has 0 saturated carbocycles. The number of allylic oxidation sites excluding steroid dienone is 3. The van der Waals surface area contributed by atoms with E-state index in [1.807, 2.05) is 19.1 Å². The third-order valence-electron chi connectivity index (χ3n) is 2.93. The number of aliphatic hydroxyl groups excluding tert-OH is 1. The SMILES string of the molecule is C.C=C/C=C(CN1CCOCC1CO)\C(N)=C/C. The van der Waals surface area contributed by atoms with Crippen molar-refractivity contribution >= 4 is 0 Å². The van der Waals surface area contributed by atoms with Gasteiger partial charge in [-0.05, 0) is 12.5 Å². The highest BCUT2D eigenvalue weighted by Gasteiger charge is 2.23. The van der Waals surface area contributed by atoms with Crippen LogP contribution in [0.4, 0.5) is 0 Å². The van der Waals surface area contributed by atoms with Crippen LogP contribution in [0.1, 0.15) is 14.4 Å². The second-order valence-electron chi connectivity index (χ2n) is 4.05. The van der Waals surface area contributed by atoms with Crippen LogP contribution < -0.4 is 5.73 Å². The summed E-state index contributed by atoms with van der Waals surface area (Å²) in [6.07, 6.45) is 5.53. The maximum absolute atomic E-state index is 9.29. The molecule has 1 aliphatic rings. The fourth-order valence-corrected chi connectivity index (χ4v) is 1.85. The molecule has 1 atom stereocenters. The summed E-state index contributed by atoms with van der Waals surface area (Å²) < 4.78 is 5.34. The number of hydrogen-bond donors (Lipinski definition) is 2. The van der Waals surface area contributed by atoms with Crippen LogP contribution in [0.15, 0.2) is 36.1 Å². The highest BCUT2D eigenvalue weighted by molar-refractivity contribution is 5.32. The first-order chi connectivity index (χ1) is 8.22. The average molecular weight is 254 g/mol. The Morgan fingerprint density at radius 1 is 1.61 bits per heavy atom. The van der Waals surface area contributed by atoms with Gasteiger partial charge in [-0.1, -0.05) is 32.2 Å². The minimum Gasteiger partial charge on any atom is -0.399 e. The molecule has 0 radical (unpaired) electrons. The maximum Gasteiger partial charge on any atom is 0.0644 e. The zero-order valence-corrected chi connectivity index (χ0v) is 10.4. The van der Waals surface area contributed by atoms with Crippen LogP contribution >= 0.6 is 0 Å². The molecule has 4 nitrogen and oxygen atoms in total. The second-order valence-corrected chi connectivity index (χ2v) is 4.05. The van der Waals surface area contributed by atoms with Gasteiger partial charge in [0.15, 0.2) is 0 Å². The topological polar surface area (TPSA) is 58.7 Å². The van der Waals surface area contributed by atoms with Gasteiger partial charge in [0.2, 0.25) is 0 Å². The van der Waals surface area contributed by atoms with Crippen LogP contribution in [0.3, 0.4) is 0 Å². The van der Waals surface area contributed by atoms with Crippen molar-refractivity contribution in [3.05, 3.63) is 36.1 Å². The fraction of sp³-hybridized carbons (Fsp3) is 0.571. The van der Waals surface area contributed by atoms with Crippen molar-refractivity contribution in [2.24, 2.45) is 5.73 Å². The summed E-state index contributed by atoms with van der Waals surface area (Å²) in [7, 11) is 0. The molecule has 104 valence electrons. The Morgan fingerprint density at radius 2 is 2.33 bits per heavy atom. The van der Waals surface area contributed by atoms with Gasteiger partial charge in [-0.3, -0.25) is 4.90 Å². The van der Waals surface area contributed by atoms with Gasteiger partial charge in [-0.25, -0.2) is 0 Å². The molecule has 3 N–H and O–H groups in total. The minimum atomic E-state index is 0. The normalized spacial score (nSPS) is 22.4. The monoisotopic (exact) mass is 254 g/mol. The number of morpholine rings is 1. The second kappa shape index (κ2) is 8.91. The Hall–Kier alpha value is -1.10. The standard InChI is InChI=1S/C13H22N2O2.CH4/c1-3-5-11(13(14)4-2)8-15-6-7-17-10-12(15)9-16;/h3-5,12,16H,1,6-10,14H2,2H3;1H4/b11-5-,13-4+;. The average Bonchev–Trinajstić information content (AvgIpc) is 2.38. The van der Waals surface area contributed by atoms with E-state index < -0.39 is 0 Å². The first-order valence-electron chi connectivity index (χ1n) is 5.89. The lowest BCUT2D eigenvalue weighted by molar-refractivity contribution is -0.0228. The maximum atomic E-state index is 9.29. The van der Waals surface area contributed by atoms with Gasteiger partial charge in [0.1, 0.15) is 0 Å². The van der Waals surface area contributed by atoms with Crippen molar-refractivity contribution in [1.29, 1.82) is 0 Å². The molecule has 1 heterocycles. The largest absolute Gasteiger partial charge is 0.399 e. The van der Waals surface area contributed by atoms with Crippen molar-refractivity contribution in [1.82, 2.24) is 4.90 Å². The Bertz CT molecular complexity index is 311. The van der Waals surface area contributed by atoms with E-state index in [9.17, 15) is 5.11 Å². The molecular weight excluding hydrogens is 228 g/mol. The Morgan fingerprint density at radius 3 is 2.89 bits per heavy atom. The summed E-state index contributed by atoms with van der Waals surface area (Å²) in [5, 5.41) is 9.29. The number of ether oxygens (including phenoxy) is 1. The third kappa shape index (κ3) is 4.64. The zero-order valence-electron chi connectivity index (χ0n) is 10.4. The summed E-state index contributed by atoms with van der Waals surface area (Å²) in [5.74, 6) is 0. The van der Waals surface area contributed by atoms with E-state index in [0.717, 1.165) is 24.4 Å². The first kappa shape index (κ1) is 16.9. The van der Waals surface area contributed by atoms with Crippen molar-refractivity contribution < 1.29 is 9.84 Å². The molecule has 1 rings (SSSR count). The molecule has 0 spiro atoms. The van der Waals surface area contributed by atoms with Gasteiger partial charge in [0.05, 0.1) is 25.9 Å². The van der Waals surface area contributed by atoms with E-state index in [1.165, 1.54) is 0 Å². The van der Waals surface area contributed by atoms with Gasteiger partial charge in [0, 0.05) is 18.8 Å². The van der Waals surface area contributed by atoms with Crippen LogP contribution in [-0.4, -0.2) is 49.0 Å². The van der Waals surface area contributed by atoms with Gasteiger partial charge in [0.25, 0.3) is 0 Å². The Kier molecular flexibility index (Phi) is 8.37. The van der Waals surface area contributed by atoms with Crippen LogP contribution in [0.2, 0.25) is 0 Å². The lowest BCUT2D eigenvalue weighted by Crippen LogP contribution is -2.48. The Balaban J connectivity index is 0.00000289. The van der Waals surface area contributed by atoms with Gasteiger partial charge in [-0.15, -0.1) is 0 Å². The number of aliphatic hydroxyl groups is 1. The fourth-order valence-electron chi connectivity index (χ4n) is 1.85. The molecule has 1 fully saturated rings. The van der Waals surface area contributed by atoms with Crippen LogP contribution in [0.25, 0.3) is 0 Å². The summed E-state index contributed by atoms with van der Waals surface area (Å²) in [6.45, 7) is 8.53. The molecule has 0 amide bonds. The molecule has 0 bridgehead atoms. The molecule has 4 heteroatoms. The molecule has 0 aromatic carbocycles. The number of rotatable bonds is 5. The first-order valence-corrected chi connectivity index (χ1v) is 5.89. The van der Waals surface area contributed by atoms with E-state index >= 15 is 0 Å². The van der Waals surface area contributed by atoms with Crippen LogP contribution in [0, 0.1) is 0 Å².